The van der Waals surface area contributed by atoms with E-state index in [0.717, 1.165) is 10.9 Å². The van der Waals surface area contributed by atoms with E-state index in [4.69, 9.17) is 13.9 Å². The molecule has 0 fully saturated rings. The summed E-state index contributed by atoms with van der Waals surface area (Å²) in [6.45, 7) is 1.79. The Balaban J connectivity index is 2.38. The lowest BCUT2D eigenvalue weighted by Crippen LogP contribution is -2.22. The number of hydrogen-bond acceptors (Lipinski definition) is 5. The van der Waals surface area contributed by atoms with Crippen LogP contribution in [0.3, 0.4) is 0 Å². The third kappa shape index (κ3) is 1.37. The number of carbonyl (C=O) groups is 1. The molecule has 1 aliphatic rings. The highest BCUT2D eigenvalue weighted by Gasteiger charge is 2.35. The summed E-state index contributed by atoms with van der Waals surface area (Å²) in [5, 5.41) is 0.724. The van der Waals surface area contributed by atoms with Gasteiger partial charge in [-0.1, -0.05) is 0 Å². The van der Waals surface area contributed by atoms with Gasteiger partial charge in [0.25, 0.3) is 6.29 Å². The van der Waals surface area contributed by atoms with Crippen LogP contribution in [0.1, 0.15) is 15.9 Å². The van der Waals surface area contributed by atoms with Gasteiger partial charge in [-0.05, 0) is 24.6 Å². The molecule has 3 rings (SSSR count). The first-order valence-electron chi connectivity index (χ1n) is 5.43. The zero-order valence-corrected chi connectivity index (χ0v) is 9.85. The molecule has 2 aromatic rings. The molecule has 0 aliphatic carbocycles. The molecule has 0 radical (unpaired) electrons. The van der Waals surface area contributed by atoms with E-state index in [1.165, 1.54) is 13.2 Å². The molecule has 0 bridgehead atoms. The van der Waals surface area contributed by atoms with Gasteiger partial charge in [-0.15, -0.1) is 0 Å². The summed E-state index contributed by atoms with van der Waals surface area (Å²) in [6, 6.07) is 4.84. The fourth-order valence-corrected chi connectivity index (χ4v) is 2.14. The van der Waals surface area contributed by atoms with Crippen molar-refractivity contribution in [3.63, 3.8) is 0 Å². The van der Waals surface area contributed by atoms with Crippen molar-refractivity contribution >= 4 is 16.8 Å². The van der Waals surface area contributed by atoms with Gasteiger partial charge in [-0.3, -0.25) is 4.79 Å². The van der Waals surface area contributed by atoms with Crippen LogP contribution >= 0.6 is 0 Å². The van der Waals surface area contributed by atoms with Crippen molar-refractivity contribution in [2.75, 3.05) is 7.11 Å². The molecule has 1 aromatic heterocycles. The average Bonchev–Trinajstić information content (AvgIpc) is 2.66. The van der Waals surface area contributed by atoms with Crippen LogP contribution in [0.15, 0.2) is 27.4 Å². The first kappa shape index (κ1) is 11.0. The number of Topliss-reactive ketones (excluding diaryl/α,β-unsaturated/α-hetero) is 1. The Kier molecular flexibility index (Phi) is 2.24. The highest BCUT2D eigenvalue weighted by Crippen LogP contribution is 2.35. The van der Waals surface area contributed by atoms with Gasteiger partial charge in [0, 0.05) is 18.6 Å². The molecule has 0 N–H and O–H groups in total. The smallest absolute Gasteiger partial charge is 0.336 e. The molecule has 0 spiro atoms. The Bertz CT molecular complexity index is 713. The van der Waals surface area contributed by atoms with Gasteiger partial charge in [-0.2, -0.15) is 0 Å². The zero-order valence-electron chi connectivity index (χ0n) is 9.85. The predicted molar refractivity (Wildman–Crippen MR) is 63.0 cm³/mol. The predicted octanol–water partition coefficient (Wildman–Crippen LogP) is 1.65. The summed E-state index contributed by atoms with van der Waals surface area (Å²) in [4.78, 5) is 23.5. The van der Waals surface area contributed by atoms with Crippen molar-refractivity contribution in [3.05, 3.63) is 39.7 Å². The standard InChI is InChI=1S/C13H10O5/c1-6-5-9(14)18-12-7(6)3-4-8-10(12)11(15)13(16-2)17-8/h3-5,13H,1-2H3. The molecule has 1 atom stereocenters. The monoisotopic (exact) mass is 246 g/mol. The van der Waals surface area contributed by atoms with Gasteiger partial charge in [0.2, 0.25) is 5.78 Å². The van der Waals surface area contributed by atoms with Crippen LogP contribution in [0.25, 0.3) is 11.0 Å². The Labute approximate surface area is 102 Å². The van der Waals surface area contributed by atoms with E-state index in [1.54, 1.807) is 19.1 Å². The minimum atomic E-state index is -0.962. The van der Waals surface area contributed by atoms with E-state index < -0.39 is 11.9 Å². The van der Waals surface area contributed by atoms with Crippen LogP contribution in [-0.2, 0) is 4.74 Å². The largest absolute Gasteiger partial charge is 0.456 e. The summed E-state index contributed by atoms with van der Waals surface area (Å²) >= 11 is 0. The number of ether oxygens (including phenoxy) is 2. The summed E-state index contributed by atoms with van der Waals surface area (Å²) in [5.41, 5.74) is 0.821. The topological polar surface area (TPSA) is 65.7 Å². The summed E-state index contributed by atoms with van der Waals surface area (Å²) in [6.07, 6.45) is -0.962. The van der Waals surface area contributed by atoms with Crippen LogP contribution < -0.4 is 10.4 Å². The van der Waals surface area contributed by atoms with Gasteiger partial charge < -0.3 is 13.9 Å². The van der Waals surface area contributed by atoms with E-state index in [0.29, 0.717) is 5.75 Å². The van der Waals surface area contributed by atoms with E-state index >= 15 is 0 Å². The van der Waals surface area contributed by atoms with Crippen molar-refractivity contribution in [1.29, 1.82) is 0 Å². The van der Waals surface area contributed by atoms with E-state index in [-0.39, 0.29) is 16.9 Å². The maximum atomic E-state index is 12.1. The van der Waals surface area contributed by atoms with Crippen molar-refractivity contribution in [2.45, 2.75) is 13.2 Å². The van der Waals surface area contributed by atoms with Gasteiger partial charge in [0.05, 0.1) is 0 Å². The Morgan fingerprint density at radius 1 is 1.28 bits per heavy atom. The number of fused-ring (bicyclic) bond motifs is 3. The number of carbonyl (C=O) groups excluding carboxylic acids is 1. The van der Waals surface area contributed by atoms with Gasteiger partial charge in [-0.25, -0.2) is 4.79 Å². The van der Waals surface area contributed by atoms with Gasteiger partial charge in [0.1, 0.15) is 11.3 Å². The molecule has 1 aliphatic heterocycles. The van der Waals surface area contributed by atoms with Crippen molar-refractivity contribution in [2.24, 2.45) is 0 Å². The SMILES string of the molecule is COC1Oc2ccc3c(C)cc(=O)oc3c2C1=O. The average molecular weight is 246 g/mol. The second-order valence-corrected chi connectivity index (χ2v) is 4.11. The first-order chi connectivity index (χ1) is 8.61. The van der Waals surface area contributed by atoms with Crippen LogP contribution in [-0.4, -0.2) is 19.2 Å². The Hall–Kier alpha value is -2.14. The number of benzene rings is 1. The first-order valence-corrected chi connectivity index (χ1v) is 5.43. The number of ketones is 1. The highest BCUT2D eigenvalue weighted by molar-refractivity contribution is 6.12. The molecule has 2 heterocycles. The Morgan fingerprint density at radius 3 is 2.78 bits per heavy atom. The molecule has 18 heavy (non-hydrogen) atoms. The number of methoxy groups -OCH3 is 1. The van der Waals surface area contributed by atoms with Gasteiger partial charge in [0.15, 0.2) is 5.58 Å². The van der Waals surface area contributed by atoms with E-state index in [1.807, 2.05) is 0 Å². The lowest BCUT2D eigenvalue weighted by molar-refractivity contribution is -0.0214. The molecule has 0 saturated heterocycles. The molecule has 92 valence electrons. The number of aryl methyl sites for hydroxylation is 1. The van der Waals surface area contributed by atoms with Crippen molar-refractivity contribution in [3.8, 4) is 5.75 Å². The maximum absolute atomic E-state index is 12.1. The lowest BCUT2D eigenvalue weighted by atomic mass is 10.0. The molecule has 1 unspecified atom stereocenters. The molecule has 0 saturated carbocycles. The van der Waals surface area contributed by atoms with E-state index in [2.05, 4.69) is 0 Å². The molecule has 1 aromatic carbocycles. The molecule has 5 nitrogen and oxygen atoms in total. The lowest BCUT2D eigenvalue weighted by Gasteiger charge is -2.04. The summed E-state index contributed by atoms with van der Waals surface area (Å²) in [5.74, 6) is 0.0555. The van der Waals surface area contributed by atoms with Crippen LogP contribution in [0.2, 0.25) is 0 Å². The number of hydrogen-bond donors (Lipinski definition) is 0. The van der Waals surface area contributed by atoms with Crippen molar-refractivity contribution in [1.82, 2.24) is 0 Å². The zero-order chi connectivity index (χ0) is 12.9. The minimum absolute atomic E-state index is 0.266. The second-order valence-electron chi connectivity index (χ2n) is 4.11. The van der Waals surface area contributed by atoms with Crippen LogP contribution in [0, 0.1) is 6.92 Å². The molecule has 0 amide bonds. The normalized spacial score (nSPS) is 17.9. The van der Waals surface area contributed by atoms with Gasteiger partial charge >= 0.3 is 5.63 Å². The summed E-state index contributed by atoms with van der Waals surface area (Å²) < 4.78 is 15.4. The maximum Gasteiger partial charge on any atom is 0.336 e. The quantitative estimate of drug-likeness (QED) is 0.716. The fourth-order valence-electron chi connectivity index (χ4n) is 2.14. The number of rotatable bonds is 1. The minimum Gasteiger partial charge on any atom is -0.456 e. The summed E-state index contributed by atoms with van der Waals surface area (Å²) in [7, 11) is 1.39. The molecular weight excluding hydrogens is 236 g/mol. The fraction of sp³-hybridized carbons (Fsp3) is 0.231. The van der Waals surface area contributed by atoms with Crippen LogP contribution in [0.5, 0.6) is 5.75 Å². The van der Waals surface area contributed by atoms with E-state index in [9.17, 15) is 9.59 Å². The molecular formula is C13H10O5. The second kappa shape index (κ2) is 3.68. The van der Waals surface area contributed by atoms with Crippen LogP contribution in [0.4, 0.5) is 0 Å². The van der Waals surface area contributed by atoms with Crippen molar-refractivity contribution < 1.29 is 18.7 Å². The highest BCUT2D eigenvalue weighted by atomic mass is 16.7. The Morgan fingerprint density at radius 2 is 2.06 bits per heavy atom. The third-order valence-electron chi connectivity index (χ3n) is 2.99. The molecule has 5 heteroatoms. The third-order valence-corrected chi connectivity index (χ3v) is 2.99.